The van der Waals surface area contributed by atoms with E-state index in [0.29, 0.717) is 39.8 Å². The Labute approximate surface area is 417 Å². The molecule has 0 radical (unpaired) electrons. The van der Waals surface area contributed by atoms with Gasteiger partial charge in [-0.25, -0.2) is 4.98 Å². The van der Waals surface area contributed by atoms with E-state index in [1.165, 1.54) is 0 Å². The molecule has 0 spiro atoms. The average Bonchev–Trinajstić information content (AvgIpc) is 3.97. The molecule has 13 rings (SSSR count). The molecule has 0 saturated carbocycles. The Morgan fingerprint density at radius 2 is 1.20 bits per heavy atom. The second kappa shape index (κ2) is 17.0. The average molecular weight is 910 g/mol. The fourth-order valence-corrected chi connectivity index (χ4v) is 10.1. The van der Waals surface area contributed by atoms with Crippen LogP contribution in [-0.4, -0.2) is 18.7 Å². The predicted octanol–water partition coefficient (Wildman–Crippen LogP) is 15.6. The number of hydrogen-bond donors (Lipinski definition) is 0. The summed E-state index contributed by atoms with van der Waals surface area (Å²) in [5.41, 5.74) is 10.7. The number of para-hydroxylation sites is 6. The highest BCUT2D eigenvalue weighted by atomic mass is 16.5. The van der Waals surface area contributed by atoms with Crippen molar-refractivity contribution in [1.82, 2.24) is 18.7 Å². The Hall–Kier alpha value is -9.00. The molecule has 0 saturated heterocycles. The van der Waals surface area contributed by atoms with Crippen molar-refractivity contribution < 1.29 is 20.3 Å². The lowest BCUT2D eigenvalue weighted by molar-refractivity contribution is -0.571. The van der Waals surface area contributed by atoms with Crippen LogP contribution in [0.4, 0.5) is 0 Å². The Kier molecular flexibility index (Phi) is 8.11. The SMILES string of the molecule is [2H]c1c([2H])c([2H])c2c(c1[2H])c1c([2H])c([2H])c([2H])c([2H])c1n2-c1cc(Oc2cccc(-n3[c-][n+](-c4c(-c5ccccc5)cccc4-c4ccccc4)c4ccccc43)c2)cc2c1c1ccccc1n2-c1cc(CC(C)C)ccn1. The number of hydrogen-bond acceptors (Lipinski definition) is 2. The number of nitrogens with zero attached hydrogens (tertiary/aromatic N) is 5. The van der Waals surface area contributed by atoms with Gasteiger partial charge in [-0.1, -0.05) is 177 Å². The highest BCUT2D eigenvalue weighted by Gasteiger charge is 2.23. The molecule has 0 N–H and O–H groups in total. The summed E-state index contributed by atoms with van der Waals surface area (Å²) in [6, 6.07) is 55.0. The zero-order valence-electron chi connectivity index (χ0n) is 46.2. The van der Waals surface area contributed by atoms with Gasteiger partial charge < -0.3 is 9.30 Å². The van der Waals surface area contributed by atoms with Crippen molar-refractivity contribution in [3.63, 3.8) is 0 Å². The van der Waals surface area contributed by atoms with Crippen LogP contribution in [0.1, 0.15) is 30.4 Å². The second-order valence-corrected chi connectivity index (χ2v) is 17.9. The van der Waals surface area contributed by atoms with Crippen molar-refractivity contribution in [3.8, 4) is 56.6 Å². The normalized spacial score (nSPS) is 13.4. The Morgan fingerprint density at radius 3 is 1.91 bits per heavy atom. The first kappa shape index (κ1) is 33.5. The lowest BCUT2D eigenvalue weighted by Gasteiger charge is -2.17. The molecule has 6 heteroatoms. The van der Waals surface area contributed by atoms with Gasteiger partial charge in [0.2, 0.25) is 0 Å². The van der Waals surface area contributed by atoms with Crippen LogP contribution < -0.4 is 9.30 Å². The van der Waals surface area contributed by atoms with Gasteiger partial charge in [0.1, 0.15) is 17.3 Å². The van der Waals surface area contributed by atoms with Crippen molar-refractivity contribution in [1.29, 1.82) is 0 Å². The lowest BCUT2D eigenvalue weighted by atomic mass is 9.95. The molecule has 0 bridgehead atoms. The molecule has 334 valence electrons. The minimum absolute atomic E-state index is 0.00456. The summed E-state index contributed by atoms with van der Waals surface area (Å²) in [5, 5.41) is 1.38. The quantitative estimate of drug-likeness (QED) is 0.101. The zero-order valence-corrected chi connectivity index (χ0v) is 38.2. The summed E-state index contributed by atoms with van der Waals surface area (Å²) in [6.45, 7) is 4.34. The zero-order chi connectivity index (χ0) is 53.7. The van der Waals surface area contributed by atoms with Gasteiger partial charge in [-0.3, -0.25) is 13.7 Å². The van der Waals surface area contributed by atoms with Gasteiger partial charge in [0.25, 0.3) is 6.33 Å². The van der Waals surface area contributed by atoms with Crippen LogP contribution in [0.3, 0.4) is 0 Å². The lowest BCUT2D eigenvalue weighted by Crippen LogP contribution is -2.31. The molecule has 0 unspecified atom stereocenters. The third-order valence-electron chi connectivity index (χ3n) is 13.0. The summed E-state index contributed by atoms with van der Waals surface area (Å²) in [4.78, 5) is 4.93. The predicted molar refractivity (Wildman–Crippen MR) is 286 cm³/mol. The standard InChI is InChI=1S/C64H47N5O/c1-43(2)37-44-35-36-65-62(38-44)69-57-32-14-11-27-54(57)63-60(68-55-30-12-9-25-52(55)53-26-10-13-31-56(53)68)40-49(41-61(63)69)70-48-24-17-23-47(39-48)66-42-67(59-34-16-15-33-58(59)66)64-50(45-19-5-3-6-20-45)28-18-29-51(64)46-21-7-4-8-22-46/h3-36,38-41,43H,37H2,1-2H3/i9D,10D,12D,13D,25D,26D,30D,31D. The molecule has 0 fully saturated rings. The first-order valence-electron chi connectivity index (χ1n) is 27.4. The maximum absolute atomic E-state index is 9.47. The molecular formula is C64H47N5O. The van der Waals surface area contributed by atoms with Crippen LogP contribution in [0.15, 0.2) is 230 Å². The van der Waals surface area contributed by atoms with Gasteiger partial charge in [0.15, 0.2) is 0 Å². The largest absolute Gasteiger partial charge is 0.458 e. The Bertz CT molecular complexity index is 4450. The van der Waals surface area contributed by atoms with Crippen molar-refractivity contribution in [2.75, 3.05) is 0 Å². The number of ether oxygens (including phenoxy) is 1. The van der Waals surface area contributed by atoms with E-state index in [-0.39, 0.29) is 21.8 Å². The van der Waals surface area contributed by atoms with Crippen molar-refractivity contribution in [3.05, 3.63) is 242 Å². The van der Waals surface area contributed by atoms with Gasteiger partial charge in [0, 0.05) is 39.9 Å². The van der Waals surface area contributed by atoms with Crippen molar-refractivity contribution in [2.45, 2.75) is 20.3 Å². The van der Waals surface area contributed by atoms with E-state index < -0.39 is 48.3 Å². The van der Waals surface area contributed by atoms with Gasteiger partial charge in [-0.05, 0) is 88.6 Å². The molecule has 0 amide bonds. The van der Waals surface area contributed by atoms with E-state index in [1.807, 2.05) is 114 Å². The molecule has 70 heavy (non-hydrogen) atoms. The monoisotopic (exact) mass is 909 g/mol. The fourth-order valence-electron chi connectivity index (χ4n) is 10.1. The smallest absolute Gasteiger partial charge is 0.269 e. The van der Waals surface area contributed by atoms with Gasteiger partial charge in [0.05, 0.1) is 61.1 Å². The van der Waals surface area contributed by atoms with Crippen LogP contribution in [0.25, 0.3) is 99.8 Å². The van der Waals surface area contributed by atoms with Crippen molar-refractivity contribution in [2.24, 2.45) is 5.92 Å². The summed E-state index contributed by atoms with van der Waals surface area (Å²) in [5.74, 6) is 1.83. The van der Waals surface area contributed by atoms with E-state index >= 15 is 0 Å². The molecule has 4 heterocycles. The van der Waals surface area contributed by atoms with Crippen LogP contribution >= 0.6 is 0 Å². The summed E-state index contributed by atoms with van der Waals surface area (Å²) < 4.78 is 87.6. The molecule has 6 nitrogen and oxygen atoms in total. The third kappa shape index (κ3) is 6.95. The highest BCUT2D eigenvalue weighted by molar-refractivity contribution is 6.16. The van der Waals surface area contributed by atoms with Crippen LogP contribution in [0.5, 0.6) is 11.5 Å². The number of benzene rings is 9. The van der Waals surface area contributed by atoms with Crippen LogP contribution in [0, 0.1) is 12.2 Å². The van der Waals surface area contributed by atoms with E-state index in [1.54, 1.807) is 16.8 Å². The van der Waals surface area contributed by atoms with Crippen LogP contribution in [0.2, 0.25) is 0 Å². The van der Waals surface area contributed by atoms with E-state index in [0.717, 1.165) is 67.5 Å². The molecule has 13 aromatic rings. The molecular weight excluding hydrogens is 855 g/mol. The maximum atomic E-state index is 9.47. The molecule has 0 aliphatic heterocycles. The minimum Gasteiger partial charge on any atom is -0.458 e. The number of aromatic nitrogens is 5. The number of pyridine rings is 1. The molecule has 0 aliphatic carbocycles. The second-order valence-electron chi connectivity index (χ2n) is 17.9. The fraction of sp³-hybridized carbons (Fsp3) is 0.0625. The number of fused-ring (bicyclic) bond motifs is 7. The highest BCUT2D eigenvalue weighted by Crippen LogP contribution is 2.43. The van der Waals surface area contributed by atoms with E-state index in [9.17, 15) is 5.48 Å². The van der Waals surface area contributed by atoms with Gasteiger partial charge >= 0.3 is 0 Å². The van der Waals surface area contributed by atoms with E-state index in [2.05, 4.69) is 90.0 Å². The summed E-state index contributed by atoms with van der Waals surface area (Å²) in [6.07, 6.45) is 6.37. The van der Waals surface area contributed by atoms with E-state index in [4.69, 9.17) is 15.2 Å². The van der Waals surface area contributed by atoms with Gasteiger partial charge in [-0.2, -0.15) is 0 Å². The van der Waals surface area contributed by atoms with Gasteiger partial charge in [-0.15, -0.1) is 0 Å². The summed E-state index contributed by atoms with van der Waals surface area (Å²) >= 11 is 0. The molecule has 0 atom stereocenters. The Balaban J connectivity index is 1.06. The first-order valence-corrected chi connectivity index (χ1v) is 23.4. The maximum Gasteiger partial charge on any atom is 0.269 e. The number of rotatable bonds is 10. The summed E-state index contributed by atoms with van der Waals surface area (Å²) in [7, 11) is 0. The molecule has 9 aromatic carbocycles. The topological polar surface area (TPSA) is 40.8 Å². The first-order chi connectivity index (χ1) is 37.9. The third-order valence-corrected chi connectivity index (χ3v) is 13.0. The van der Waals surface area contributed by atoms with Crippen molar-refractivity contribution >= 4 is 54.6 Å². The molecule has 4 aromatic heterocycles. The Morgan fingerprint density at radius 1 is 0.557 bits per heavy atom. The number of imidazole rings is 1. The minimum atomic E-state index is -0.514. The van der Waals surface area contributed by atoms with Crippen LogP contribution in [-0.2, 0) is 6.42 Å². The molecule has 0 aliphatic rings.